The van der Waals surface area contributed by atoms with E-state index in [1.165, 1.54) is 18.9 Å². The third-order valence-electron chi connectivity index (χ3n) is 1.98. The normalized spacial score (nSPS) is 10.8. The topological polar surface area (TPSA) is 83.0 Å². The molecule has 0 spiro atoms. The molecule has 0 aliphatic rings. The summed E-state index contributed by atoms with van der Waals surface area (Å²) in [4.78, 5) is 11.0. The Labute approximate surface area is 98.6 Å². The lowest BCUT2D eigenvalue weighted by Crippen LogP contribution is -2.12. The number of hydrogen-bond acceptors (Lipinski definition) is 6. The monoisotopic (exact) mass is 244 g/mol. The van der Waals surface area contributed by atoms with E-state index >= 15 is 0 Å². The first kappa shape index (κ1) is 13.0. The van der Waals surface area contributed by atoms with Crippen LogP contribution in [-0.2, 0) is 16.1 Å². The number of rotatable bonds is 5. The fourth-order valence-corrected chi connectivity index (χ4v) is 2.16. The van der Waals surface area contributed by atoms with E-state index in [0.717, 1.165) is 5.82 Å². The van der Waals surface area contributed by atoms with Crippen LogP contribution in [0.25, 0.3) is 0 Å². The zero-order valence-corrected chi connectivity index (χ0v) is 10.5. The van der Waals surface area contributed by atoms with E-state index in [4.69, 9.17) is 5.73 Å². The molecular weight excluding hydrogens is 228 g/mol. The molecule has 16 heavy (non-hydrogen) atoms. The summed E-state index contributed by atoms with van der Waals surface area (Å²) in [5.41, 5.74) is 5.56. The third kappa shape index (κ3) is 2.96. The van der Waals surface area contributed by atoms with E-state index in [0.29, 0.717) is 11.7 Å². The number of ether oxygens (including phenoxy) is 1. The van der Waals surface area contributed by atoms with Gasteiger partial charge in [0.25, 0.3) is 0 Å². The van der Waals surface area contributed by atoms with Crippen molar-refractivity contribution in [2.24, 2.45) is 5.73 Å². The fraction of sp³-hybridized carbons (Fsp3) is 0.667. The SMILES string of the molecule is COC(=O)CSc1nnc(CN)n1C(C)C. The van der Waals surface area contributed by atoms with Crippen LogP contribution in [0.15, 0.2) is 5.16 Å². The first-order valence-electron chi connectivity index (χ1n) is 4.93. The van der Waals surface area contributed by atoms with Crippen molar-refractivity contribution in [2.45, 2.75) is 31.6 Å². The minimum atomic E-state index is -0.280. The van der Waals surface area contributed by atoms with Crippen molar-refractivity contribution in [3.8, 4) is 0 Å². The van der Waals surface area contributed by atoms with Gasteiger partial charge in [-0.05, 0) is 13.8 Å². The summed E-state index contributed by atoms with van der Waals surface area (Å²) in [6, 6.07) is 0.216. The number of methoxy groups -OCH3 is 1. The third-order valence-corrected chi connectivity index (χ3v) is 2.90. The first-order valence-corrected chi connectivity index (χ1v) is 5.92. The van der Waals surface area contributed by atoms with Gasteiger partial charge in [0.2, 0.25) is 0 Å². The Morgan fingerprint density at radius 2 is 2.25 bits per heavy atom. The van der Waals surface area contributed by atoms with E-state index in [1.54, 1.807) is 0 Å². The van der Waals surface area contributed by atoms with Gasteiger partial charge >= 0.3 is 5.97 Å². The van der Waals surface area contributed by atoms with E-state index in [1.807, 2.05) is 18.4 Å². The molecule has 1 aromatic rings. The van der Waals surface area contributed by atoms with Crippen LogP contribution in [-0.4, -0.2) is 33.6 Å². The lowest BCUT2D eigenvalue weighted by Gasteiger charge is -2.12. The lowest BCUT2D eigenvalue weighted by molar-refractivity contribution is -0.137. The average Bonchev–Trinajstić information content (AvgIpc) is 2.68. The number of esters is 1. The van der Waals surface area contributed by atoms with E-state index in [2.05, 4.69) is 14.9 Å². The zero-order valence-electron chi connectivity index (χ0n) is 9.64. The highest BCUT2D eigenvalue weighted by molar-refractivity contribution is 7.99. The van der Waals surface area contributed by atoms with Crippen LogP contribution in [0, 0.1) is 0 Å². The van der Waals surface area contributed by atoms with Crippen molar-refractivity contribution in [3.05, 3.63) is 5.82 Å². The van der Waals surface area contributed by atoms with Gasteiger partial charge in [-0.1, -0.05) is 11.8 Å². The molecule has 7 heteroatoms. The number of carbonyl (C=O) groups is 1. The molecule has 90 valence electrons. The molecule has 1 heterocycles. The fourth-order valence-electron chi connectivity index (χ4n) is 1.25. The predicted molar refractivity (Wildman–Crippen MR) is 61.0 cm³/mol. The van der Waals surface area contributed by atoms with Crippen LogP contribution in [0.2, 0.25) is 0 Å². The van der Waals surface area contributed by atoms with Crippen LogP contribution in [0.1, 0.15) is 25.7 Å². The molecule has 0 aliphatic heterocycles. The van der Waals surface area contributed by atoms with Crippen molar-refractivity contribution >= 4 is 17.7 Å². The van der Waals surface area contributed by atoms with Crippen LogP contribution in [0.3, 0.4) is 0 Å². The summed E-state index contributed by atoms with van der Waals surface area (Å²) in [7, 11) is 1.36. The van der Waals surface area contributed by atoms with Crippen molar-refractivity contribution < 1.29 is 9.53 Å². The molecule has 0 saturated heterocycles. The van der Waals surface area contributed by atoms with Gasteiger partial charge in [0.15, 0.2) is 5.16 Å². The number of aromatic nitrogens is 3. The summed E-state index contributed by atoms with van der Waals surface area (Å²) in [5, 5.41) is 8.67. The molecule has 0 aromatic carbocycles. The molecule has 2 N–H and O–H groups in total. The van der Waals surface area contributed by atoms with Gasteiger partial charge in [-0.15, -0.1) is 10.2 Å². The highest BCUT2D eigenvalue weighted by Gasteiger charge is 2.15. The summed E-state index contributed by atoms with van der Waals surface area (Å²) in [6.45, 7) is 4.37. The lowest BCUT2D eigenvalue weighted by atomic mass is 10.4. The highest BCUT2D eigenvalue weighted by atomic mass is 32.2. The van der Waals surface area contributed by atoms with E-state index < -0.39 is 0 Å². The van der Waals surface area contributed by atoms with Gasteiger partial charge in [-0.3, -0.25) is 4.79 Å². The highest BCUT2D eigenvalue weighted by Crippen LogP contribution is 2.21. The molecule has 0 fully saturated rings. The van der Waals surface area contributed by atoms with Crippen molar-refractivity contribution in [1.29, 1.82) is 0 Å². The second-order valence-corrected chi connectivity index (χ2v) is 4.37. The standard InChI is InChI=1S/C9H16N4O2S/c1-6(2)13-7(4-10)11-12-9(13)16-5-8(14)15-3/h6H,4-5,10H2,1-3H3. The van der Waals surface area contributed by atoms with Gasteiger partial charge in [0.05, 0.1) is 19.4 Å². The maximum atomic E-state index is 11.0. The summed E-state index contributed by atoms with van der Waals surface area (Å²) in [6.07, 6.45) is 0. The molecule has 0 saturated carbocycles. The number of carbonyl (C=O) groups excluding carboxylic acids is 1. The summed E-state index contributed by atoms with van der Waals surface area (Å²) >= 11 is 1.30. The second kappa shape index (κ2) is 5.86. The quantitative estimate of drug-likeness (QED) is 0.602. The Bertz CT molecular complexity index is 364. The molecule has 0 aliphatic carbocycles. The van der Waals surface area contributed by atoms with Crippen LogP contribution < -0.4 is 5.73 Å². The zero-order chi connectivity index (χ0) is 12.1. The molecule has 1 aromatic heterocycles. The number of hydrogen-bond donors (Lipinski definition) is 1. The Morgan fingerprint density at radius 3 is 2.75 bits per heavy atom. The molecule has 0 bridgehead atoms. The Kier molecular flexibility index (Phi) is 4.75. The molecule has 0 unspecified atom stereocenters. The van der Waals surface area contributed by atoms with Gasteiger partial charge in [-0.2, -0.15) is 0 Å². The Morgan fingerprint density at radius 1 is 1.56 bits per heavy atom. The Hall–Kier alpha value is -1.08. The van der Waals surface area contributed by atoms with Crippen LogP contribution >= 0.6 is 11.8 Å². The van der Waals surface area contributed by atoms with E-state index in [9.17, 15) is 4.79 Å². The van der Waals surface area contributed by atoms with Gasteiger partial charge in [0, 0.05) is 6.04 Å². The average molecular weight is 244 g/mol. The molecular formula is C9H16N4O2S. The number of thioether (sulfide) groups is 1. The van der Waals surface area contributed by atoms with Crippen LogP contribution in [0.4, 0.5) is 0 Å². The Balaban J connectivity index is 2.79. The maximum absolute atomic E-state index is 11.0. The number of nitrogens with two attached hydrogens (primary N) is 1. The van der Waals surface area contributed by atoms with Gasteiger partial charge in [-0.25, -0.2) is 0 Å². The minimum Gasteiger partial charge on any atom is -0.468 e. The summed E-state index contributed by atoms with van der Waals surface area (Å²) in [5.74, 6) is 0.673. The molecule has 0 atom stereocenters. The van der Waals surface area contributed by atoms with Gasteiger partial charge in [0.1, 0.15) is 5.82 Å². The van der Waals surface area contributed by atoms with Gasteiger partial charge < -0.3 is 15.0 Å². The molecule has 1 rings (SSSR count). The first-order chi connectivity index (χ1) is 7.60. The van der Waals surface area contributed by atoms with Crippen molar-refractivity contribution in [2.75, 3.05) is 12.9 Å². The smallest absolute Gasteiger partial charge is 0.316 e. The largest absolute Gasteiger partial charge is 0.468 e. The summed E-state index contributed by atoms with van der Waals surface area (Å²) < 4.78 is 6.49. The molecule has 0 radical (unpaired) electrons. The molecule has 0 amide bonds. The van der Waals surface area contributed by atoms with Crippen molar-refractivity contribution in [1.82, 2.24) is 14.8 Å². The van der Waals surface area contributed by atoms with Crippen molar-refractivity contribution in [3.63, 3.8) is 0 Å². The molecule has 6 nitrogen and oxygen atoms in total. The minimum absolute atomic E-state index is 0.216. The second-order valence-electron chi connectivity index (χ2n) is 3.43. The maximum Gasteiger partial charge on any atom is 0.316 e. The van der Waals surface area contributed by atoms with Crippen LogP contribution in [0.5, 0.6) is 0 Å². The van der Waals surface area contributed by atoms with E-state index in [-0.39, 0.29) is 17.8 Å². The number of nitrogens with zero attached hydrogens (tertiary/aromatic N) is 3. The predicted octanol–water partition coefficient (Wildman–Crippen LogP) is 0.583.